The van der Waals surface area contributed by atoms with Gasteiger partial charge in [0.15, 0.2) is 0 Å². The maximum Gasteiger partial charge on any atom is 0.323 e. The van der Waals surface area contributed by atoms with E-state index in [4.69, 9.17) is 10.5 Å². The molecule has 0 unspecified atom stereocenters. The zero-order chi connectivity index (χ0) is 12.2. The van der Waals surface area contributed by atoms with Gasteiger partial charge in [0.05, 0.1) is 12.2 Å². The molecule has 0 saturated carbocycles. The van der Waals surface area contributed by atoms with Gasteiger partial charge in [-0.25, -0.2) is 0 Å². The van der Waals surface area contributed by atoms with Crippen molar-refractivity contribution in [1.29, 1.82) is 0 Å². The molecule has 0 aliphatic carbocycles. The van der Waals surface area contributed by atoms with Gasteiger partial charge >= 0.3 is 6.01 Å². The number of nitrogens with zero attached hydrogens (tertiary/aromatic N) is 3. The first-order chi connectivity index (χ1) is 7.40. The molecule has 0 amide bonds. The molecule has 16 heavy (non-hydrogen) atoms. The third-order valence-corrected chi connectivity index (χ3v) is 1.58. The molecular weight excluding hydrogens is 210 g/mol. The molecule has 0 fully saturated rings. The van der Waals surface area contributed by atoms with Crippen molar-refractivity contribution in [3.05, 3.63) is 0 Å². The molecule has 0 aliphatic heterocycles. The Balaban J connectivity index is 2.72. The van der Waals surface area contributed by atoms with Crippen LogP contribution >= 0.6 is 0 Å². The van der Waals surface area contributed by atoms with Crippen LogP contribution in [-0.4, -0.2) is 38.8 Å². The van der Waals surface area contributed by atoms with E-state index >= 15 is 0 Å². The van der Waals surface area contributed by atoms with Gasteiger partial charge in [-0.15, -0.1) is 0 Å². The molecule has 4 N–H and O–H groups in total. The predicted octanol–water partition coefficient (Wildman–Crippen LogP) is 0.0353. The summed E-state index contributed by atoms with van der Waals surface area (Å²) in [6, 6.07) is 0.174. The van der Waals surface area contributed by atoms with Crippen molar-refractivity contribution < 1.29 is 9.84 Å². The van der Waals surface area contributed by atoms with Crippen LogP contribution in [0.1, 0.15) is 20.8 Å². The second-order valence-corrected chi connectivity index (χ2v) is 3.90. The Morgan fingerprint density at radius 1 is 1.38 bits per heavy atom. The van der Waals surface area contributed by atoms with Crippen molar-refractivity contribution in [3.63, 3.8) is 0 Å². The van der Waals surface area contributed by atoms with E-state index in [0.717, 1.165) is 0 Å². The summed E-state index contributed by atoms with van der Waals surface area (Å²) in [5.74, 6) is 0.370. The molecule has 7 heteroatoms. The fraction of sp³-hybridized carbons (Fsp3) is 0.667. The number of nitrogens with one attached hydrogen (secondary N) is 1. The fourth-order valence-electron chi connectivity index (χ4n) is 0.940. The Hall–Kier alpha value is -1.63. The lowest BCUT2D eigenvalue weighted by molar-refractivity contribution is 0.0943. The number of hydrogen-bond donors (Lipinski definition) is 3. The first-order valence-electron chi connectivity index (χ1n) is 5.01. The highest BCUT2D eigenvalue weighted by Crippen LogP contribution is 2.10. The van der Waals surface area contributed by atoms with Crippen molar-refractivity contribution in [2.75, 3.05) is 24.2 Å². The SMILES string of the molecule is CCOc1nc(N)nc(NCC(C)(C)O)n1. The monoisotopic (exact) mass is 227 g/mol. The smallest absolute Gasteiger partial charge is 0.323 e. The van der Waals surface area contributed by atoms with Crippen LogP contribution in [0, 0.1) is 0 Å². The van der Waals surface area contributed by atoms with Gasteiger partial charge in [0, 0.05) is 6.54 Å². The Morgan fingerprint density at radius 2 is 2.06 bits per heavy atom. The molecule has 0 aromatic carbocycles. The van der Waals surface area contributed by atoms with Gasteiger partial charge in [0.1, 0.15) is 0 Å². The summed E-state index contributed by atoms with van der Waals surface area (Å²) in [6.45, 7) is 5.93. The average molecular weight is 227 g/mol. The number of ether oxygens (including phenoxy) is 1. The number of rotatable bonds is 5. The zero-order valence-corrected chi connectivity index (χ0v) is 9.69. The molecule has 1 heterocycles. The number of nitrogens with two attached hydrogens (primary N) is 1. The molecule has 1 aromatic heterocycles. The highest BCUT2D eigenvalue weighted by Gasteiger charge is 2.13. The summed E-state index contributed by atoms with van der Waals surface area (Å²) in [7, 11) is 0. The normalized spacial score (nSPS) is 11.2. The van der Waals surface area contributed by atoms with Crippen LogP contribution in [0.4, 0.5) is 11.9 Å². The molecule has 0 atom stereocenters. The summed E-state index contributed by atoms with van der Waals surface area (Å²) >= 11 is 0. The Kier molecular flexibility index (Phi) is 3.83. The summed E-state index contributed by atoms with van der Waals surface area (Å²) in [5.41, 5.74) is 4.63. The molecule has 0 bridgehead atoms. The number of aromatic nitrogens is 3. The van der Waals surface area contributed by atoms with E-state index in [1.807, 2.05) is 6.92 Å². The van der Waals surface area contributed by atoms with Gasteiger partial charge in [-0.1, -0.05) is 0 Å². The first kappa shape index (κ1) is 12.4. The highest BCUT2D eigenvalue weighted by atomic mass is 16.5. The molecule has 0 spiro atoms. The maximum absolute atomic E-state index is 9.52. The summed E-state index contributed by atoms with van der Waals surface area (Å²) in [6.07, 6.45) is 0. The molecule has 0 aliphatic rings. The van der Waals surface area contributed by atoms with Crippen molar-refractivity contribution in [3.8, 4) is 6.01 Å². The molecule has 0 radical (unpaired) electrons. The molecule has 1 rings (SSSR count). The first-order valence-corrected chi connectivity index (χ1v) is 5.01. The van der Waals surface area contributed by atoms with E-state index < -0.39 is 5.60 Å². The van der Waals surface area contributed by atoms with Crippen LogP contribution in [0.5, 0.6) is 6.01 Å². The van der Waals surface area contributed by atoms with E-state index in [0.29, 0.717) is 13.2 Å². The van der Waals surface area contributed by atoms with Crippen LogP contribution in [0.2, 0.25) is 0 Å². The van der Waals surface area contributed by atoms with Gasteiger partial charge in [0.25, 0.3) is 0 Å². The zero-order valence-electron chi connectivity index (χ0n) is 9.69. The van der Waals surface area contributed by atoms with Gasteiger partial charge in [-0.05, 0) is 20.8 Å². The lowest BCUT2D eigenvalue weighted by atomic mass is 10.1. The van der Waals surface area contributed by atoms with Crippen LogP contribution in [-0.2, 0) is 0 Å². The lowest BCUT2D eigenvalue weighted by Crippen LogP contribution is -2.30. The number of aliphatic hydroxyl groups is 1. The maximum atomic E-state index is 9.52. The third kappa shape index (κ3) is 4.26. The van der Waals surface area contributed by atoms with E-state index in [1.165, 1.54) is 0 Å². The number of nitrogen functional groups attached to an aromatic ring is 1. The van der Waals surface area contributed by atoms with Gasteiger partial charge in [0.2, 0.25) is 11.9 Å². The predicted molar refractivity (Wildman–Crippen MR) is 60.2 cm³/mol. The molecule has 0 saturated heterocycles. The second-order valence-electron chi connectivity index (χ2n) is 3.90. The number of hydrogen-bond acceptors (Lipinski definition) is 7. The quantitative estimate of drug-likeness (QED) is 0.651. The average Bonchev–Trinajstić information content (AvgIpc) is 2.13. The van der Waals surface area contributed by atoms with E-state index in [1.54, 1.807) is 13.8 Å². The Morgan fingerprint density at radius 3 is 2.62 bits per heavy atom. The molecular formula is C9H17N5O2. The largest absolute Gasteiger partial charge is 0.464 e. The lowest BCUT2D eigenvalue weighted by Gasteiger charge is -2.17. The van der Waals surface area contributed by atoms with Crippen LogP contribution in [0.15, 0.2) is 0 Å². The van der Waals surface area contributed by atoms with E-state index in [2.05, 4.69) is 20.3 Å². The summed E-state index contributed by atoms with van der Waals surface area (Å²) in [5, 5.41) is 12.4. The fourth-order valence-corrected chi connectivity index (χ4v) is 0.940. The minimum absolute atomic E-state index is 0.0803. The van der Waals surface area contributed by atoms with Gasteiger partial charge in [-0.3, -0.25) is 0 Å². The second kappa shape index (κ2) is 4.93. The van der Waals surface area contributed by atoms with Crippen LogP contribution in [0.3, 0.4) is 0 Å². The Bertz CT molecular complexity index is 350. The molecule has 1 aromatic rings. The van der Waals surface area contributed by atoms with Crippen molar-refractivity contribution >= 4 is 11.9 Å². The standard InChI is InChI=1S/C9H17N5O2/c1-4-16-8-13-6(10)12-7(14-8)11-5-9(2,3)15/h15H,4-5H2,1-3H3,(H3,10,11,12,13,14). The van der Waals surface area contributed by atoms with E-state index in [-0.39, 0.29) is 17.9 Å². The molecule has 90 valence electrons. The van der Waals surface area contributed by atoms with Crippen molar-refractivity contribution in [2.24, 2.45) is 0 Å². The Labute approximate surface area is 94.1 Å². The van der Waals surface area contributed by atoms with Gasteiger partial charge in [-0.2, -0.15) is 15.0 Å². The topological polar surface area (TPSA) is 106 Å². The van der Waals surface area contributed by atoms with Crippen molar-refractivity contribution in [1.82, 2.24) is 15.0 Å². The van der Waals surface area contributed by atoms with Crippen LogP contribution in [0.25, 0.3) is 0 Å². The van der Waals surface area contributed by atoms with Gasteiger partial charge < -0.3 is 20.9 Å². The van der Waals surface area contributed by atoms with Crippen LogP contribution < -0.4 is 15.8 Å². The molecule has 7 nitrogen and oxygen atoms in total. The number of anilines is 2. The highest BCUT2D eigenvalue weighted by molar-refractivity contribution is 5.32. The van der Waals surface area contributed by atoms with E-state index in [9.17, 15) is 5.11 Å². The minimum Gasteiger partial charge on any atom is -0.464 e. The minimum atomic E-state index is -0.854. The summed E-state index contributed by atoms with van der Waals surface area (Å²) < 4.78 is 5.11. The van der Waals surface area contributed by atoms with Crippen molar-refractivity contribution in [2.45, 2.75) is 26.4 Å². The third-order valence-electron chi connectivity index (χ3n) is 1.58. The summed E-state index contributed by atoms with van der Waals surface area (Å²) in [4.78, 5) is 11.7.